The first kappa shape index (κ1) is 13.9. The number of hydrogen-bond donors (Lipinski definition) is 1. The number of para-hydroxylation sites is 1. The fourth-order valence-corrected chi connectivity index (χ4v) is 3.80. The fraction of sp³-hybridized carbons (Fsp3) is 0.533. The maximum Gasteiger partial charge on any atom is 0.304 e. The van der Waals surface area contributed by atoms with Gasteiger partial charge in [-0.2, -0.15) is 0 Å². The number of nitro groups is 1. The van der Waals surface area contributed by atoms with Gasteiger partial charge in [0.15, 0.2) is 0 Å². The summed E-state index contributed by atoms with van der Waals surface area (Å²) in [6, 6.07) is 4.82. The standard InChI is InChI=1S/C15H19N3O3/c16-12-7-2-6-11(14(12)18(20)21)15(19)17-9-3-5-10-4-1-8-13(10)17/h2,6-7,10,13H,1,3-5,8-9,16H2. The number of fused-ring (bicyclic) bond motifs is 1. The molecule has 1 amide bonds. The summed E-state index contributed by atoms with van der Waals surface area (Å²) < 4.78 is 0. The number of benzene rings is 1. The van der Waals surface area contributed by atoms with Gasteiger partial charge in [0.2, 0.25) is 0 Å². The molecule has 1 aliphatic carbocycles. The van der Waals surface area contributed by atoms with E-state index in [4.69, 9.17) is 5.73 Å². The molecule has 1 aliphatic heterocycles. The van der Waals surface area contributed by atoms with Crippen LogP contribution in [0, 0.1) is 16.0 Å². The maximum atomic E-state index is 12.8. The molecule has 1 saturated carbocycles. The number of hydrogen-bond acceptors (Lipinski definition) is 4. The number of amides is 1. The molecule has 112 valence electrons. The highest BCUT2D eigenvalue weighted by molar-refractivity contribution is 6.00. The van der Waals surface area contributed by atoms with Gasteiger partial charge in [0.1, 0.15) is 11.3 Å². The van der Waals surface area contributed by atoms with E-state index in [9.17, 15) is 14.9 Å². The Morgan fingerprint density at radius 3 is 2.81 bits per heavy atom. The first-order valence-electron chi connectivity index (χ1n) is 7.43. The van der Waals surface area contributed by atoms with Crippen molar-refractivity contribution in [3.05, 3.63) is 33.9 Å². The zero-order chi connectivity index (χ0) is 15.0. The largest absolute Gasteiger partial charge is 0.393 e. The quantitative estimate of drug-likeness (QED) is 0.514. The van der Waals surface area contributed by atoms with Crippen LogP contribution in [0.4, 0.5) is 11.4 Å². The van der Waals surface area contributed by atoms with Crippen LogP contribution in [0.3, 0.4) is 0 Å². The van der Waals surface area contributed by atoms with Crippen molar-refractivity contribution < 1.29 is 9.72 Å². The lowest BCUT2D eigenvalue weighted by atomic mass is 9.91. The number of nitrogen functional groups attached to an aromatic ring is 1. The smallest absolute Gasteiger partial charge is 0.304 e. The van der Waals surface area contributed by atoms with Gasteiger partial charge in [-0.05, 0) is 43.7 Å². The van der Waals surface area contributed by atoms with Crippen LogP contribution in [0.2, 0.25) is 0 Å². The number of nitro benzene ring substituents is 1. The average molecular weight is 289 g/mol. The fourth-order valence-electron chi connectivity index (χ4n) is 3.80. The van der Waals surface area contributed by atoms with E-state index < -0.39 is 4.92 Å². The zero-order valence-electron chi connectivity index (χ0n) is 11.8. The Bertz CT molecular complexity index is 588. The minimum absolute atomic E-state index is 0.0471. The number of anilines is 1. The number of likely N-dealkylation sites (tertiary alicyclic amines) is 1. The van der Waals surface area contributed by atoms with Gasteiger partial charge in [0.25, 0.3) is 5.91 Å². The first-order valence-corrected chi connectivity index (χ1v) is 7.43. The molecule has 1 heterocycles. The third kappa shape index (κ3) is 2.34. The number of carbonyl (C=O) groups excluding carboxylic acids is 1. The Kier molecular flexibility index (Phi) is 3.53. The molecule has 2 unspecified atom stereocenters. The molecule has 0 radical (unpaired) electrons. The average Bonchev–Trinajstić information content (AvgIpc) is 2.94. The van der Waals surface area contributed by atoms with Crippen molar-refractivity contribution in [3.8, 4) is 0 Å². The molecule has 6 heteroatoms. The van der Waals surface area contributed by atoms with Crippen molar-refractivity contribution in [2.24, 2.45) is 5.92 Å². The van der Waals surface area contributed by atoms with Crippen LogP contribution in [-0.2, 0) is 0 Å². The van der Waals surface area contributed by atoms with Crippen LogP contribution in [0.1, 0.15) is 42.5 Å². The van der Waals surface area contributed by atoms with Crippen LogP contribution in [0.5, 0.6) is 0 Å². The van der Waals surface area contributed by atoms with Crippen molar-refractivity contribution in [2.45, 2.75) is 38.1 Å². The summed E-state index contributed by atoms with van der Waals surface area (Å²) >= 11 is 0. The second-order valence-corrected chi connectivity index (χ2v) is 5.90. The van der Waals surface area contributed by atoms with Crippen molar-refractivity contribution in [2.75, 3.05) is 12.3 Å². The Labute approximate surface area is 123 Å². The van der Waals surface area contributed by atoms with E-state index >= 15 is 0 Å². The van der Waals surface area contributed by atoms with Gasteiger partial charge >= 0.3 is 5.69 Å². The summed E-state index contributed by atoms with van der Waals surface area (Å²) in [4.78, 5) is 25.3. The van der Waals surface area contributed by atoms with E-state index in [-0.39, 0.29) is 28.9 Å². The Morgan fingerprint density at radius 1 is 1.29 bits per heavy atom. The van der Waals surface area contributed by atoms with E-state index in [0.29, 0.717) is 12.5 Å². The van der Waals surface area contributed by atoms with Crippen molar-refractivity contribution in [1.29, 1.82) is 0 Å². The molecule has 0 spiro atoms. The molecular formula is C15H19N3O3. The SMILES string of the molecule is Nc1cccc(C(=O)N2CCCC3CCCC32)c1[N+](=O)[O-]. The van der Waals surface area contributed by atoms with E-state index in [1.165, 1.54) is 12.1 Å². The van der Waals surface area contributed by atoms with Gasteiger partial charge < -0.3 is 10.6 Å². The van der Waals surface area contributed by atoms with Gasteiger partial charge in [0, 0.05) is 12.6 Å². The molecular weight excluding hydrogens is 270 g/mol. The molecule has 0 bridgehead atoms. The highest BCUT2D eigenvalue weighted by Gasteiger charge is 2.39. The number of carbonyl (C=O) groups is 1. The predicted molar refractivity (Wildman–Crippen MR) is 78.9 cm³/mol. The highest BCUT2D eigenvalue weighted by atomic mass is 16.6. The summed E-state index contributed by atoms with van der Waals surface area (Å²) in [5.74, 6) is 0.313. The second kappa shape index (κ2) is 5.35. The molecule has 1 saturated heterocycles. The molecule has 2 fully saturated rings. The van der Waals surface area contributed by atoms with Gasteiger partial charge in [0.05, 0.1) is 4.92 Å². The van der Waals surface area contributed by atoms with E-state index in [0.717, 1.165) is 32.1 Å². The van der Waals surface area contributed by atoms with Crippen LogP contribution in [0.15, 0.2) is 18.2 Å². The second-order valence-electron chi connectivity index (χ2n) is 5.90. The van der Waals surface area contributed by atoms with Crippen molar-refractivity contribution in [3.63, 3.8) is 0 Å². The van der Waals surface area contributed by atoms with E-state index in [2.05, 4.69) is 0 Å². The molecule has 2 N–H and O–H groups in total. The number of nitrogens with zero attached hydrogens (tertiary/aromatic N) is 2. The summed E-state index contributed by atoms with van der Waals surface area (Å²) in [6.45, 7) is 0.686. The Hall–Kier alpha value is -2.11. The molecule has 1 aromatic rings. The lowest BCUT2D eigenvalue weighted by Gasteiger charge is -2.37. The van der Waals surface area contributed by atoms with Crippen molar-refractivity contribution in [1.82, 2.24) is 4.90 Å². The van der Waals surface area contributed by atoms with Crippen LogP contribution in [0.25, 0.3) is 0 Å². The zero-order valence-corrected chi connectivity index (χ0v) is 11.8. The van der Waals surface area contributed by atoms with E-state index in [1.54, 1.807) is 6.07 Å². The molecule has 2 aliphatic rings. The third-order valence-electron chi connectivity index (χ3n) is 4.73. The van der Waals surface area contributed by atoms with Gasteiger partial charge in [-0.25, -0.2) is 0 Å². The molecule has 0 aromatic heterocycles. The first-order chi connectivity index (χ1) is 10.1. The van der Waals surface area contributed by atoms with Gasteiger partial charge in [-0.15, -0.1) is 0 Å². The molecule has 2 atom stereocenters. The maximum absolute atomic E-state index is 12.8. The highest BCUT2D eigenvalue weighted by Crippen LogP contribution is 2.38. The van der Waals surface area contributed by atoms with E-state index in [1.807, 2.05) is 4.90 Å². The summed E-state index contributed by atoms with van der Waals surface area (Å²) in [5, 5.41) is 11.2. The minimum Gasteiger partial charge on any atom is -0.393 e. The number of nitrogens with two attached hydrogens (primary N) is 1. The Morgan fingerprint density at radius 2 is 2.05 bits per heavy atom. The van der Waals surface area contributed by atoms with Crippen molar-refractivity contribution >= 4 is 17.3 Å². The normalized spacial score (nSPS) is 24.7. The van der Waals surface area contributed by atoms with Crippen LogP contribution in [-0.4, -0.2) is 28.3 Å². The molecule has 21 heavy (non-hydrogen) atoms. The third-order valence-corrected chi connectivity index (χ3v) is 4.73. The van der Waals surface area contributed by atoms with Crippen LogP contribution < -0.4 is 5.73 Å². The van der Waals surface area contributed by atoms with Gasteiger partial charge in [-0.1, -0.05) is 12.5 Å². The number of rotatable bonds is 2. The number of piperidine rings is 1. The summed E-state index contributed by atoms with van der Waals surface area (Å²) in [7, 11) is 0. The molecule has 3 rings (SSSR count). The Balaban J connectivity index is 1.95. The molecule has 6 nitrogen and oxygen atoms in total. The topological polar surface area (TPSA) is 89.5 Å². The summed E-state index contributed by atoms with van der Waals surface area (Å²) in [5.41, 5.74) is 5.59. The lowest BCUT2D eigenvalue weighted by Crippen LogP contribution is -2.46. The van der Waals surface area contributed by atoms with Crippen LogP contribution >= 0.6 is 0 Å². The predicted octanol–water partition coefficient (Wildman–Crippen LogP) is 2.58. The van der Waals surface area contributed by atoms with Gasteiger partial charge in [-0.3, -0.25) is 14.9 Å². The monoisotopic (exact) mass is 289 g/mol. The molecule has 1 aromatic carbocycles. The summed E-state index contributed by atoms with van der Waals surface area (Å²) in [6.07, 6.45) is 5.44. The lowest BCUT2D eigenvalue weighted by molar-refractivity contribution is -0.384. The minimum atomic E-state index is -0.557.